The molecule has 6 nitrogen and oxygen atoms in total. The number of rotatable bonds is 6. The van der Waals surface area contributed by atoms with Crippen molar-refractivity contribution in [3.8, 4) is 10.6 Å². The summed E-state index contributed by atoms with van der Waals surface area (Å²) in [4.78, 5) is 20.2. The van der Waals surface area contributed by atoms with Crippen molar-refractivity contribution in [3.05, 3.63) is 34.3 Å². The van der Waals surface area contributed by atoms with E-state index in [1.54, 1.807) is 7.11 Å². The molecular weight excluding hydrogens is 352 g/mol. The third-order valence-electron chi connectivity index (χ3n) is 4.41. The molecule has 1 aliphatic carbocycles. The lowest BCUT2D eigenvalue weighted by molar-refractivity contribution is 0.0389. The van der Waals surface area contributed by atoms with Crippen molar-refractivity contribution in [1.29, 1.82) is 0 Å². The van der Waals surface area contributed by atoms with Gasteiger partial charge in [0.15, 0.2) is 0 Å². The van der Waals surface area contributed by atoms with E-state index in [0.29, 0.717) is 12.2 Å². The Morgan fingerprint density at radius 2 is 2.19 bits per heavy atom. The van der Waals surface area contributed by atoms with Crippen LogP contribution in [-0.2, 0) is 15.9 Å². The number of esters is 1. The molecule has 26 heavy (non-hydrogen) atoms. The van der Waals surface area contributed by atoms with Gasteiger partial charge in [0.05, 0.1) is 28.8 Å². The van der Waals surface area contributed by atoms with Gasteiger partial charge >= 0.3 is 5.97 Å². The van der Waals surface area contributed by atoms with E-state index >= 15 is 0 Å². The number of benzene rings is 1. The van der Waals surface area contributed by atoms with Crippen LogP contribution in [0.15, 0.2) is 18.2 Å². The summed E-state index contributed by atoms with van der Waals surface area (Å²) in [5.41, 5.74) is 3.07. The highest BCUT2D eigenvalue weighted by molar-refractivity contribution is 7.15. The molecule has 0 radical (unpaired) electrons. The first-order valence-corrected chi connectivity index (χ1v) is 9.48. The number of hydrogen-bond donors (Lipinski definition) is 1. The van der Waals surface area contributed by atoms with Crippen molar-refractivity contribution in [2.75, 3.05) is 39.3 Å². The zero-order valence-corrected chi connectivity index (χ0v) is 16.1. The summed E-state index contributed by atoms with van der Waals surface area (Å²) in [7, 11) is 5.42. The van der Waals surface area contributed by atoms with Gasteiger partial charge in [0.25, 0.3) is 0 Å². The molecule has 1 unspecified atom stereocenters. The molecule has 1 aliphatic rings. The number of aryl methyl sites for hydroxylation is 1. The Balaban J connectivity index is 1.99. The third-order valence-corrected chi connectivity index (χ3v) is 5.64. The van der Waals surface area contributed by atoms with Gasteiger partial charge in [-0.3, -0.25) is 0 Å². The molecule has 1 atom stereocenters. The smallest absolute Gasteiger partial charge is 0.339 e. The molecule has 0 spiro atoms. The maximum absolute atomic E-state index is 12.6. The molecule has 0 aliphatic heterocycles. The Morgan fingerprint density at radius 3 is 2.88 bits per heavy atom. The molecular formula is C19H24N2O4S. The average molecular weight is 376 g/mol. The van der Waals surface area contributed by atoms with E-state index in [1.165, 1.54) is 11.3 Å². The van der Waals surface area contributed by atoms with Crippen molar-refractivity contribution in [3.63, 3.8) is 0 Å². The summed E-state index contributed by atoms with van der Waals surface area (Å²) >= 11 is 1.46. The van der Waals surface area contributed by atoms with Crippen LogP contribution in [0.2, 0.25) is 0 Å². The first-order chi connectivity index (χ1) is 12.5. The van der Waals surface area contributed by atoms with E-state index in [4.69, 9.17) is 14.5 Å². The number of carbonyl (C=O) groups is 1. The number of hydrogen-bond acceptors (Lipinski definition) is 7. The second kappa shape index (κ2) is 8.16. The molecule has 0 amide bonds. The minimum atomic E-state index is -0.455. The lowest BCUT2D eigenvalue weighted by Crippen LogP contribution is -2.13. The zero-order chi connectivity index (χ0) is 18.7. The predicted octanol–water partition coefficient (Wildman–Crippen LogP) is 3.05. The summed E-state index contributed by atoms with van der Waals surface area (Å²) in [6.07, 6.45) is 2.11. The Morgan fingerprint density at radius 1 is 1.38 bits per heavy atom. The number of carbonyl (C=O) groups excluding carboxylic acids is 1. The Hall–Kier alpha value is -1.96. The van der Waals surface area contributed by atoms with E-state index < -0.39 is 12.1 Å². The number of fused-ring (bicyclic) bond motifs is 1. The van der Waals surface area contributed by atoms with E-state index in [9.17, 15) is 9.90 Å². The Kier molecular flexibility index (Phi) is 5.90. The molecule has 1 heterocycles. The molecule has 0 saturated heterocycles. The largest absolute Gasteiger partial charge is 0.460 e. The number of anilines is 1. The van der Waals surface area contributed by atoms with Crippen molar-refractivity contribution < 1.29 is 19.4 Å². The minimum absolute atomic E-state index is 0.202. The van der Waals surface area contributed by atoms with E-state index in [1.807, 2.05) is 37.2 Å². The molecule has 0 fully saturated rings. The quantitative estimate of drug-likeness (QED) is 0.617. The zero-order valence-electron chi connectivity index (χ0n) is 15.3. The Bertz CT molecular complexity index is 788. The maximum Gasteiger partial charge on any atom is 0.339 e. The fraction of sp³-hybridized carbons (Fsp3) is 0.474. The second-order valence-electron chi connectivity index (χ2n) is 6.49. The van der Waals surface area contributed by atoms with Gasteiger partial charge in [-0.1, -0.05) is 0 Å². The Labute approximate surface area is 157 Å². The number of nitrogens with zero attached hydrogens (tertiary/aromatic N) is 2. The fourth-order valence-electron chi connectivity index (χ4n) is 2.97. The summed E-state index contributed by atoms with van der Waals surface area (Å²) < 4.78 is 10.3. The molecule has 3 rings (SSSR count). The normalized spacial score (nSPS) is 16.2. The number of aromatic nitrogens is 1. The number of methoxy groups -OCH3 is 1. The SMILES string of the molecule is COCCOC(=O)c1cc(N(C)C)ccc1-c1nc2c(s1)C(O)CCC2. The molecule has 0 saturated carbocycles. The van der Waals surface area contributed by atoms with Gasteiger partial charge in [0, 0.05) is 32.5 Å². The van der Waals surface area contributed by atoms with Gasteiger partial charge in [-0.15, -0.1) is 11.3 Å². The van der Waals surface area contributed by atoms with Crippen LogP contribution < -0.4 is 4.90 Å². The highest BCUT2D eigenvalue weighted by Crippen LogP contribution is 2.39. The average Bonchev–Trinajstić information content (AvgIpc) is 3.07. The summed E-state index contributed by atoms with van der Waals surface area (Å²) in [6.45, 7) is 0.556. The number of ether oxygens (including phenoxy) is 2. The van der Waals surface area contributed by atoms with Crippen molar-refractivity contribution in [2.24, 2.45) is 0 Å². The van der Waals surface area contributed by atoms with Crippen LogP contribution in [0.4, 0.5) is 5.69 Å². The molecule has 0 bridgehead atoms. The highest BCUT2D eigenvalue weighted by Gasteiger charge is 2.25. The molecule has 2 aromatic rings. The molecule has 1 aromatic heterocycles. The van der Waals surface area contributed by atoms with Gasteiger partial charge in [0.1, 0.15) is 11.6 Å². The van der Waals surface area contributed by atoms with Crippen molar-refractivity contribution >= 4 is 23.0 Å². The van der Waals surface area contributed by atoms with E-state index in [2.05, 4.69) is 0 Å². The van der Waals surface area contributed by atoms with E-state index in [-0.39, 0.29) is 6.61 Å². The third kappa shape index (κ3) is 3.90. The van der Waals surface area contributed by atoms with Crippen LogP contribution in [0.1, 0.15) is 39.9 Å². The molecule has 7 heteroatoms. The van der Waals surface area contributed by atoms with Crippen molar-refractivity contribution in [2.45, 2.75) is 25.4 Å². The molecule has 140 valence electrons. The fourth-order valence-corrected chi connectivity index (χ4v) is 4.14. The summed E-state index contributed by atoms with van der Waals surface area (Å²) in [5.74, 6) is -0.394. The second-order valence-corrected chi connectivity index (χ2v) is 7.52. The summed E-state index contributed by atoms with van der Waals surface area (Å²) in [6, 6.07) is 5.68. The van der Waals surface area contributed by atoms with Crippen LogP contribution in [0, 0.1) is 0 Å². The monoisotopic (exact) mass is 376 g/mol. The minimum Gasteiger partial charge on any atom is -0.460 e. The van der Waals surface area contributed by atoms with E-state index in [0.717, 1.165) is 46.1 Å². The lowest BCUT2D eigenvalue weighted by atomic mass is 10.0. The number of aliphatic hydroxyl groups excluding tert-OH is 1. The van der Waals surface area contributed by atoms with Crippen molar-refractivity contribution in [1.82, 2.24) is 4.98 Å². The summed E-state index contributed by atoms with van der Waals surface area (Å²) in [5, 5.41) is 11.0. The van der Waals surface area contributed by atoms with Gasteiger partial charge in [-0.25, -0.2) is 9.78 Å². The van der Waals surface area contributed by atoms with Crippen LogP contribution in [0.25, 0.3) is 10.6 Å². The van der Waals surface area contributed by atoms with Gasteiger partial charge in [-0.2, -0.15) is 0 Å². The highest BCUT2D eigenvalue weighted by atomic mass is 32.1. The number of thiazole rings is 1. The standard InChI is InChI=1S/C19H24N2O4S/c1-21(2)12-7-8-13(14(11-12)19(23)25-10-9-24-3)18-20-15-5-4-6-16(22)17(15)26-18/h7-8,11,16,22H,4-6,9-10H2,1-3H3. The van der Waals surface area contributed by atoms with Crippen LogP contribution >= 0.6 is 11.3 Å². The van der Waals surface area contributed by atoms with Crippen LogP contribution in [0.3, 0.4) is 0 Å². The number of aliphatic hydroxyl groups is 1. The molecule has 1 N–H and O–H groups in total. The maximum atomic E-state index is 12.6. The predicted molar refractivity (Wildman–Crippen MR) is 102 cm³/mol. The van der Waals surface area contributed by atoms with Gasteiger partial charge in [-0.05, 0) is 37.5 Å². The van der Waals surface area contributed by atoms with Gasteiger partial charge in [0.2, 0.25) is 0 Å². The first kappa shape index (κ1) is 18.8. The van der Waals surface area contributed by atoms with Gasteiger partial charge < -0.3 is 19.5 Å². The topological polar surface area (TPSA) is 71.9 Å². The molecule has 1 aromatic carbocycles. The lowest BCUT2D eigenvalue weighted by Gasteiger charge is -2.15. The first-order valence-electron chi connectivity index (χ1n) is 8.66. The van der Waals surface area contributed by atoms with Crippen LogP contribution in [-0.4, -0.2) is 50.5 Å². The van der Waals surface area contributed by atoms with Crippen LogP contribution in [0.5, 0.6) is 0 Å².